The van der Waals surface area contributed by atoms with Crippen LogP contribution in [0.1, 0.15) is 34.1 Å². The summed E-state index contributed by atoms with van der Waals surface area (Å²) < 4.78 is 5.52. The summed E-state index contributed by atoms with van der Waals surface area (Å²) in [7, 11) is 0. The van der Waals surface area contributed by atoms with Gasteiger partial charge in [0.1, 0.15) is 0 Å². The second-order valence-corrected chi connectivity index (χ2v) is 3.40. The molecule has 0 aromatic heterocycles. The zero-order valence-corrected chi connectivity index (χ0v) is 7.48. The van der Waals surface area contributed by atoms with E-state index in [-0.39, 0.29) is 11.6 Å². The Morgan fingerprint density at radius 2 is 2.00 bits per heavy atom. The summed E-state index contributed by atoms with van der Waals surface area (Å²) >= 11 is 0. The van der Waals surface area contributed by atoms with Crippen molar-refractivity contribution in [1.29, 1.82) is 0 Å². The van der Waals surface area contributed by atoms with Crippen molar-refractivity contribution in [1.82, 2.24) is 0 Å². The molecule has 0 aromatic carbocycles. The van der Waals surface area contributed by atoms with Crippen molar-refractivity contribution in [2.24, 2.45) is 5.73 Å². The number of hydrogen-bond acceptors (Lipinski definition) is 2. The first-order valence-electron chi connectivity index (χ1n) is 3.87. The van der Waals surface area contributed by atoms with Gasteiger partial charge in [-0.25, -0.2) is 0 Å². The largest absolute Gasteiger partial charge is 0.374 e. The van der Waals surface area contributed by atoms with Gasteiger partial charge in [0.15, 0.2) is 0 Å². The third kappa shape index (κ3) is 4.77. The molecule has 0 aliphatic carbocycles. The molecule has 0 bridgehead atoms. The Morgan fingerprint density at radius 1 is 1.50 bits per heavy atom. The molecular formula is C8H19NO. The number of hydrogen-bond donors (Lipinski definition) is 1. The Kier molecular flexibility index (Phi) is 3.91. The quantitative estimate of drug-likeness (QED) is 0.651. The monoisotopic (exact) mass is 145 g/mol. The summed E-state index contributed by atoms with van der Waals surface area (Å²) in [5.41, 5.74) is 5.52. The molecule has 0 saturated carbocycles. The lowest BCUT2D eigenvalue weighted by atomic mass is 10.1. The van der Waals surface area contributed by atoms with Crippen molar-refractivity contribution in [2.75, 3.05) is 6.61 Å². The van der Waals surface area contributed by atoms with Gasteiger partial charge in [0.05, 0.1) is 12.2 Å². The molecule has 2 N–H and O–H groups in total. The van der Waals surface area contributed by atoms with Gasteiger partial charge >= 0.3 is 0 Å². The summed E-state index contributed by atoms with van der Waals surface area (Å²) in [5, 5.41) is 0. The first-order chi connectivity index (χ1) is 4.48. The highest BCUT2D eigenvalue weighted by molar-refractivity contribution is 4.66. The Bertz CT molecular complexity index is 89.3. The summed E-state index contributed by atoms with van der Waals surface area (Å²) in [5.74, 6) is 0. The molecular weight excluding hydrogens is 126 g/mol. The van der Waals surface area contributed by atoms with Crippen LogP contribution in [0.15, 0.2) is 0 Å². The third-order valence-electron chi connectivity index (χ3n) is 1.59. The first kappa shape index (κ1) is 9.92. The zero-order chi connectivity index (χ0) is 8.20. The summed E-state index contributed by atoms with van der Waals surface area (Å²) in [4.78, 5) is 0. The molecule has 0 heterocycles. The Morgan fingerprint density at radius 3 is 2.30 bits per heavy atom. The lowest BCUT2D eigenvalue weighted by Gasteiger charge is -2.24. The van der Waals surface area contributed by atoms with Crippen LogP contribution in [0.25, 0.3) is 0 Å². The molecule has 0 spiro atoms. The summed E-state index contributed by atoms with van der Waals surface area (Å²) in [6.45, 7) is 8.87. The Labute approximate surface area is 63.7 Å². The predicted octanol–water partition coefficient (Wildman–Crippen LogP) is 1.54. The van der Waals surface area contributed by atoms with E-state index in [4.69, 9.17) is 10.5 Å². The SMILES string of the molecule is CCC(C)(C)OCC(C)N. The normalized spacial score (nSPS) is 15.3. The minimum Gasteiger partial charge on any atom is -0.374 e. The topological polar surface area (TPSA) is 35.2 Å². The second-order valence-electron chi connectivity index (χ2n) is 3.40. The van der Waals surface area contributed by atoms with Crippen LogP contribution in [0.5, 0.6) is 0 Å². The summed E-state index contributed by atoms with van der Waals surface area (Å²) in [6, 6.07) is 0.144. The van der Waals surface area contributed by atoms with E-state index in [1.54, 1.807) is 0 Å². The van der Waals surface area contributed by atoms with E-state index < -0.39 is 0 Å². The fraction of sp³-hybridized carbons (Fsp3) is 1.00. The standard InChI is InChI=1S/C8H19NO/c1-5-8(3,4)10-6-7(2)9/h7H,5-6,9H2,1-4H3. The molecule has 62 valence electrons. The minimum absolute atomic E-state index is 0.00632. The predicted molar refractivity (Wildman–Crippen MR) is 44.0 cm³/mol. The van der Waals surface area contributed by atoms with E-state index in [0.717, 1.165) is 6.42 Å². The van der Waals surface area contributed by atoms with Crippen molar-refractivity contribution >= 4 is 0 Å². The van der Waals surface area contributed by atoms with Crippen LogP contribution < -0.4 is 5.73 Å². The van der Waals surface area contributed by atoms with Crippen molar-refractivity contribution in [2.45, 2.75) is 45.8 Å². The molecule has 0 fully saturated rings. The zero-order valence-electron chi connectivity index (χ0n) is 7.48. The number of nitrogens with two attached hydrogens (primary N) is 1. The Hall–Kier alpha value is -0.0800. The maximum absolute atomic E-state index is 5.53. The Balaban J connectivity index is 3.46. The van der Waals surface area contributed by atoms with Crippen LogP contribution in [-0.4, -0.2) is 18.2 Å². The molecule has 1 atom stereocenters. The molecule has 10 heavy (non-hydrogen) atoms. The van der Waals surface area contributed by atoms with Gasteiger partial charge in [-0.3, -0.25) is 0 Å². The smallest absolute Gasteiger partial charge is 0.0624 e. The van der Waals surface area contributed by atoms with E-state index in [9.17, 15) is 0 Å². The lowest BCUT2D eigenvalue weighted by Crippen LogP contribution is -2.31. The molecule has 0 rings (SSSR count). The molecule has 1 unspecified atom stereocenters. The van der Waals surface area contributed by atoms with Crippen molar-refractivity contribution in [3.63, 3.8) is 0 Å². The van der Waals surface area contributed by atoms with Gasteiger partial charge in [0.2, 0.25) is 0 Å². The van der Waals surface area contributed by atoms with Crippen LogP contribution in [0.4, 0.5) is 0 Å². The van der Waals surface area contributed by atoms with E-state index in [1.165, 1.54) is 0 Å². The minimum atomic E-state index is -0.00632. The molecule has 2 heteroatoms. The molecule has 0 saturated heterocycles. The van der Waals surface area contributed by atoms with Crippen molar-refractivity contribution in [3.8, 4) is 0 Å². The van der Waals surface area contributed by atoms with Crippen LogP contribution >= 0.6 is 0 Å². The molecule has 0 aromatic rings. The highest BCUT2D eigenvalue weighted by atomic mass is 16.5. The highest BCUT2D eigenvalue weighted by Crippen LogP contribution is 2.12. The van der Waals surface area contributed by atoms with Gasteiger partial charge in [-0.15, -0.1) is 0 Å². The fourth-order valence-corrected chi connectivity index (χ4v) is 0.459. The molecule has 0 aliphatic rings. The third-order valence-corrected chi connectivity index (χ3v) is 1.59. The maximum Gasteiger partial charge on any atom is 0.0624 e. The van der Waals surface area contributed by atoms with Gasteiger partial charge in [-0.1, -0.05) is 6.92 Å². The van der Waals surface area contributed by atoms with Crippen molar-refractivity contribution < 1.29 is 4.74 Å². The van der Waals surface area contributed by atoms with E-state index in [0.29, 0.717) is 6.61 Å². The molecule has 0 amide bonds. The molecule has 0 aliphatic heterocycles. The average molecular weight is 145 g/mol. The lowest BCUT2D eigenvalue weighted by molar-refractivity contribution is -0.0246. The second kappa shape index (κ2) is 3.94. The fourth-order valence-electron chi connectivity index (χ4n) is 0.459. The van der Waals surface area contributed by atoms with Crippen LogP contribution in [0, 0.1) is 0 Å². The van der Waals surface area contributed by atoms with Crippen molar-refractivity contribution in [3.05, 3.63) is 0 Å². The molecule has 2 nitrogen and oxygen atoms in total. The summed E-state index contributed by atoms with van der Waals surface area (Å²) in [6.07, 6.45) is 1.03. The van der Waals surface area contributed by atoms with Gasteiger partial charge in [-0.2, -0.15) is 0 Å². The van der Waals surface area contributed by atoms with Gasteiger partial charge < -0.3 is 10.5 Å². The molecule has 0 radical (unpaired) electrons. The van der Waals surface area contributed by atoms with Gasteiger partial charge in [0, 0.05) is 6.04 Å². The average Bonchev–Trinajstić information content (AvgIpc) is 1.85. The van der Waals surface area contributed by atoms with E-state index in [1.807, 2.05) is 6.92 Å². The number of ether oxygens (including phenoxy) is 1. The van der Waals surface area contributed by atoms with Crippen LogP contribution in [-0.2, 0) is 4.74 Å². The van der Waals surface area contributed by atoms with Crippen LogP contribution in [0.2, 0.25) is 0 Å². The highest BCUT2D eigenvalue weighted by Gasteiger charge is 2.15. The van der Waals surface area contributed by atoms with E-state index >= 15 is 0 Å². The van der Waals surface area contributed by atoms with E-state index in [2.05, 4.69) is 20.8 Å². The maximum atomic E-state index is 5.53. The number of rotatable bonds is 4. The van der Waals surface area contributed by atoms with Crippen LogP contribution in [0.3, 0.4) is 0 Å². The van der Waals surface area contributed by atoms with Gasteiger partial charge in [0.25, 0.3) is 0 Å². The first-order valence-corrected chi connectivity index (χ1v) is 3.87. The van der Waals surface area contributed by atoms with Gasteiger partial charge in [-0.05, 0) is 27.2 Å².